The van der Waals surface area contributed by atoms with Crippen molar-refractivity contribution in [2.45, 2.75) is 6.42 Å². The number of aromatic nitrogens is 2. The fourth-order valence-electron chi connectivity index (χ4n) is 1.82. The molecule has 2 aromatic rings. The Morgan fingerprint density at radius 3 is 2.85 bits per heavy atom. The number of aromatic amines is 1. The lowest BCUT2D eigenvalue weighted by Gasteiger charge is -2.10. The van der Waals surface area contributed by atoms with Gasteiger partial charge in [0.2, 0.25) is 0 Å². The van der Waals surface area contributed by atoms with E-state index in [0.717, 1.165) is 5.82 Å². The largest absolute Gasteiger partial charge is 0.497 e. The summed E-state index contributed by atoms with van der Waals surface area (Å²) in [5.74, 6) is 1.76. The third-order valence-corrected chi connectivity index (χ3v) is 2.85. The highest BCUT2D eigenvalue weighted by Gasteiger charge is 2.13. The van der Waals surface area contributed by atoms with Crippen molar-refractivity contribution in [3.63, 3.8) is 0 Å². The predicted octanol–water partition coefficient (Wildman–Crippen LogP) is 1.40. The van der Waals surface area contributed by atoms with E-state index in [0.29, 0.717) is 30.0 Å². The van der Waals surface area contributed by atoms with E-state index in [1.54, 1.807) is 37.7 Å². The molecule has 0 saturated heterocycles. The zero-order valence-electron chi connectivity index (χ0n) is 11.5. The number of carbonyl (C=O) groups excluding carboxylic acids is 1. The van der Waals surface area contributed by atoms with Crippen molar-refractivity contribution in [2.24, 2.45) is 0 Å². The molecule has 0 bridgehead atoms. The van der Waals surface area contributed by atoms with Crippen LogP contribution in [0.3, 0.4) is 0 Å². The van der Waals surface area contributed by atoms with E-state index in [-0.39, 0.29) is 5.91 Å². The second-order valence-electron chi connectivity index (χ2n) is 4.11. The molecule has 0 saturated carbocycles. The van der Waals surface area contributed by atoms with Crippen LogP contribution in [0.5, 0.6) is 11.5 Å². The van der Waals surface area contributed by atoms with Gasteiger partial charge in [0.1, 0.15) is 17.3 Å². The molecule has 1 aromatic carbocycles. The Labute approximate surface area is 117 Å². The Bertz CT molecular complexity index is 567. The van der Waals surface area contributed by atoms with Crippen molar-refractivity contribution in [3.05, 3.63) is 42.0 Å². The van der Waals surface area contributed by atoms with Gasteiger partial charge in [-0.1, -0.05) is 0 Å². The summed E-state index contributed by atoms with van der Waals surface area (Å²) in [5, 5.41) is 2.83. The van der Waals surface area contributed by atoms with E-state index in [4.69, 9.17) is 9.47 Å². The molecule has 0 aliphatic rings. The summed E-state index contributed by atoms with van der Waals surface area (Å²) in [6.45, 7) is 0.493. The Hall–Kier alpha value is -2.50. The Kier molecular flexibility index (Phi) is 4.60. The van der Waals surface area contributed by atoms with Gasteiger partial charge in [-0.3, -0.25) is 4.79 Å². The second-order valence-corrected chi connectivity index (χ2v) is 4.11. The molecule has 0 aliphatic carbocycles. The average Bonchev–Trinajstić information content (AvgIpc) is 2.99. The number of hydrogen-bond acceptors (Lipinski definition) is 4. The maximum absolute atomic E-state index is 12.1. The van der Waals surface area contributed by atoms with Gasteiger partial charge in [-0.15, -0.1) is 0 Å². The first-order valence-corrected chi connectivity index (χ1v) is 6.23. The Morgan fingerprint density at radius 2 is 2.20 bits per heavy atom. The summed E-state index contributed by atoms with van der Waals surface area (Å²) < 4.78 is 10.3. The number of hydrogen-bond donors (Lipinski definition) is 2. The van der Waals surface area contributed by atoms with Crippen molar-refractivity contribution >= 4 is 5.91 Å². The topological polar surface area (TPSA) is 76.2 Å². The monoisotopic (exact) mass is 275 g/mol. The van der Waals surface area contributed by atoms with Crippen LogP contribution in [0, 0.1) is 0 Å². The maximum atomic E-state index is 12.1. The van der Waals surface area contributed by atoms with Crippen molar-refractivity contribution in [1.29, 1.82) is 0 Å². The van der Waals surface area contributed by atoms with Gasteiger partial charge in [0, 0.05) is 25.4 Å². The fraction of sp³-hybridized carbons (Fsp3) is 0.286. The number of benzene rings is 1. The molecule has 0 aliphatic heterocycles. The molecule has 6 heteroatoms. The third-order valence-electron chi connectivity index (χ3n) is 2.85. The van der Waals surface area contributed by atoms with Crippen LogP contribution < -0.4 is 14.8 Å². The predicted molar refractivity (Wildman–Crippen MR) is 74.2 cm³/mol. The number of ether oxygens (including phenoxy) is 2. The normalized spacial score (nSPS) is 10.1. The van der Waals surface area contributed by atoms with E-state index in [9.17, 15) is 4.79 Å². The van der Waals surface area contributed by atoms with Crippen LogP contribution in [0.4, 0.5) is 0 Å². The van der Waals surface area contributed by atoms with Gasteiger partial charge >= 0.3 is 0 Å². The minimum absolute atomic E-state index is 0.202. The lowest BCUT2D eigenvalue weighted by atomic mass is 10.1. The zero-order chi connectivity index (χ0) is 14.4. The molecule has 1 aromatic heterocycles. The Balaban J connectivity index is 2.00. The fourth-order valence-corrected chi connectivity index (χ4v) is 1.82. The number of H-pyrrole nitrogens is 1. The van der Waals surface area contributed by atoms with Crippen LogP contribution in [0.1, 0.15) is 16.2 Å². The number of imidazole rings is 1. The van der Waals surface area contributed by atoms with Crippen LogP contribution in [0.15, 0.2) is 30.6 Å². The van der Waals surface area contributed by atoms with Crippen LogP contribution in [0.2, 0.25) is 0 Å². The summed E-state index contributed by atoms with van der Waals surface area (Å²) in [6.07, 6.45) is 4.08. The summed E-state index contributed by atoms with van der Waals surface area (Å²) in [4.78, 5) is 19.2. The third kappa shape index (κ3) is 3.28. The molecule has 2 rings (SSSR count). The standard InChI is InChI=1S/C14H17N3O3/c1-19-10-3-4-12(20-2)11(9-10)14(18)17-6-5-13-15-7-8-16-13/h3-4,7-9H,5-6H2,1-2H3,(H,15,16)(H,17,18). The molecule has 106 valence electrons. The molecule has 0 atom stereocenters. The lowest BCUT2D eigenvalue weighted by molar-refractivity contribution is 0.0950. The van der Waals surface area contributed by atoms with Crippen LogP contribution in [-0.4, -0.2) is 36.6 Å². The first-order chi connectivity index (χ1) is 9.74. The highest BCUT2D eigenvalue weighted by molar-refractivity contribution is 5.97. The average molecular weight is 275 g/mol. The molecule has 1 amide bonds. The smallest absolute Gasteiger partial charge is 0.255 e. The molecule has 6 nitrogen and oxygen atoms in total. The molecule has 0 unspecified atom stereocenters. The van der Waals surface area contributed by atoms with Crippen LogP contribution in [-0.2, 0) is 6.42 Å². The highest BCUT2D eigenvalue weighted by atomic mass is 16.5. The van der Waals surface area contributed by atoms with Crippen molar-refractivity contribution in [3.8, 4) is 11.5 Å². The SMILES string of the molecule is COc1ccc(OC)c(C(=O)NCCc2ncc[nH]2)c1. The molecule has 20 heavy (non-hydrogen) atoms. The Morgan fingerprint density at radius 1 is 1.35 bits per heavy atom. The van der Waals surface area contributed by atoms with Crippen LogP contribution in [0.25, 0.3) is 0 Å². The summed E-state index contributed by atoms with van der Waals surface area (Å²) in [5.41, 5.74) is 0.450. The number of methoxy groups -OCH3 is 2. The zero-order valence-corrected chi connectivity index (χ0v) is 11.5. The number of amides is 1. The van der Waals surface area contributed by atoms with E-state index >= 15 is 0 Å². The summed E-state index contributed by atoms with van der Waals surface area (Å²) in [7, 11) is 3.09. The quantitative estimate of drug-likeness (QED) is 0.835. The summed E-state index contributed by atoms with van der Waals surface area (Å²) >= 11 is 0. The number of rotatable bonds is 6. The number of nitrogens with one attached hydrogen (secondary N) is 2. The van der Waals surface area contributed by atoms with Crippen molar-refractivity contribution in [1.82, 2.24) is 15.3 Å². The van der Waals surface area contributed by atoms with Gasteiger partial charge < -0.3 is 19.8 Å². The molecule has 0 spiro atoms. The first-order valence-electron chi connectivity index (χ1n) is 6.23. The minimum Gasteiger partial charge on any atom is -0.497 e. The van der Waals surface area contributed by atoms with Gasteiger partial charge in [-0.2, -0.15) is 0 Å². The number of nitrogens with zero attached hydrogens (tertiary/aromatic N) is 1. The highest BCUT2D eigenvalue weighted by Crippen LogP contribution is 2.23. The lowest BCUT2D eigenvalue weighted by Crippen LogP contribution is -2.26. The van der Waals surface area contributed by atoms with Gasteiger partial charge in [0.15, 0.2) is 0 Å². The van der Waals surface area contributed by atoms with E-state index in [1.807, 2.05) is 0 Å². The maximum Gasteiger partial charge on any atom is 0.255 e. The van der Waals surface area contributed by atoms with Crippen molar-refractivity contribution in [2.75, 3.05) is 20.8 Å². The van der Waals surface area contributed by atoms with Crippen LogP contribution >= 0.6 is 0 Å². The van der Waals surface area contributed by atoms with Gasteiger partial charge in [-0.05, 0) is 18.2 Å². The second kappa shape index (κ2) is 6.60. The van der Waals surface area contributed by atoms with Gasteiger partial charge in [-0.25, -0.2) is 4.98 Å². The van der Waals surface area contributed by atoms with Gasteiger partial charge in [0.05, 0.1) is 19.8 Å². The molecular weight excluding hydrogens is 258 g/mol. The first kappa shape index (κ1) is 13.9. The van der Waals surface area contributed by atoms with E-state index in [2.05, 4.69) is 15.3 Å². The number of carbonyl (C=O) groups is 1. The summed E-state index contributed by atoms with van der Waals surface area (Å²) in [6, 6.07) is 5.11. The molecule has 0 fully saturated rings. The molecule has 0 radical (unpaired) electrons. The molecule has 2 N–H and O–H groups in total. The van der Waals surface area contributed by atoms with E-state index in [1.165, 1.54) is 7.11 Å². The van der Waals surface area contributed by atoms with Crippen molar-refractivity contribution < 1.29 is 14.3 Å². The van der Waals surface area contributed by atoms with E-state index < -0.39 is 0 Å². The molecule has 1 heterocycles. The minimum atomic E-state index is -0.202. The molecular formula is C14H17N3O3. The van der Waals surface area contributed by atoms with Gasteiger partial charge in [0.25, 0.3) is 5.91 Å².